The van der Waals surface area contributed by atoms with Gasteiger partial charge in [-0.05, 0) is 53.6 Å². The van der Waals surface area contributed by atoms with Crippen LogP contribution < -0.4 is 10.1 Å². The molecule has 1 unspecified atom stereocenters. The van der Waals surface area contributed by atoms with Gasteiger partial charge in [0, 0.05) is 32.4 Å². The fourth-order valence-corrected chi connectivity index (χ4v) is 4.90. The molecule has 1 N–H and O–H groups in total. The van der Waals surface area contributed by atoms with Crippen molar-refractivity contribution in [3.8, 4) is 5.75 Å². The Balaban J connectivity index is 1.47. The molecule has 0 spiro atoms. The maximum Gasteiger partial charge on any atom is 0.242 e. The Kier molecular flexibility index (Phi) is 7.82. The number of thioether (sulfide) groups is 1. The molecule has 3 aromatic carbocycles. The summed E-state index contributed by atoms with van der Waals surface area (Å²) in [5, 5.41) is 5.14. The van der Waals surface area contributed by atoms with Gasteiger partial charge in [-0.15, -0.1) is 0 Å². The number of hydrogen-bond acceptors (Lipinski definition) is 6. The Morgan fingerprint density at radius 1 is 1.06 bits per heavy atom. The SMILES string of the molecule is COCCCN1C(=O)C(CC(=O)Nc2ccc3ccccc3c2)SC1=Nc1ccc(OC)cc1. The first-order valence-electron chi connectivity index (χ1n) is 11.1. The van der Waals surface area contributed by atoms with Crippen LogP contribution in [0.4, 0.5) is 11.4 Å². The number of nitrogens with zero attached hydrogens (tertiary/aromatic N) is 2. The molecule has 4 rings (SSSR count). The summed E-state index contributed by atoms with van der Waals surface area (Å²) in [5.74, 6) is 0.421. The molecule has 1 fully saturated rings. The van der Waals surface area contributed by atoms with Crippen LogP contribution in [0.3, 0.4) is 0 Å². The van der Waals surface area contributed by atoms with Crippen molar-refractivity contribution in [1.82, 2.24) is 4.90 Å². The van der Waals surface area contributed by atoms with Crippen molar-refractivity contribution in [2.24, 2.45) is 4.99 Å². The van der Waals surface area contributed by atoms with E-state index < -0.39 is 5.25 Å². The van der Waals surface area contributed by atoms with E-state index in [2.05, 4.69) is 10.3 Å². The number of carbonyl (C=O) groups is 2. The summed E-state index contributed by atoms with van der Waals surface area (Å²) in [6, 6.07) is 21.1. The zero-order valence-electron chi connectivity index (χ0n) is 19.2. The first kappa shape index (κ1) is 23.8. The molecule has 3 aromatic rings. The number of methoxy groups -OCH3 is 2. The third kappa shape index (κ3) is 5.76. The number of fused-ring (bicyclic) bond motifs is 1. The van der Waals surface area contributed by atoms with Crippen molar-refractivity contribution in [2.45, 2.75) is 18.1 Å². The lowest BCUT2D eigenvalue weighted by Crippen LogP contribution is -2.34. The average Bonchev–Trinajstić information content (AvgIpc) is 3.13. The van der Waals surface area contributed by atoms with Gasteiger partial charge in [0.15, 0.2) is 5.17 Å². The van der Waals surface area contributed by atoms with Crippen molar-refractivity contribution < 1.29 is 19.1 Å². The number of benzene rings is 3. The Labute approximate surface area is 203 Å². The van der Waals surface area contributed by atoms with E-state index in [1.165, 1.54) is 11.8 Å². The molecule has 7 nitrogen and oxygen atoms in total. The summed E-state index contributed by atoms with van der Waals surface area (Å²) in [5.41, 5.74) is 1.43. The molecular weight excluding hydrogens is 450 g/mol. The molecule has 1 heterocycles. The predicted octanol–water partition coefficient (Wildman–Crippen LogP) is 4.85. The van der Waals surface area contributed by atoms with E-state index in [1.807, 2.05) is 66.7 Å². The molecule has 8 heteroatoms. The maximum atomic E-state index is 13.1. The van der Waals surface area contributed by atoms with Crippen LogP contribution in [-0.2, 0) is 14.3 Å². The minimum Gasteiger partial charge on any atom is -0.497 e. The number of anilines is 1. The summed E-state index contributed by atoms with van der Waals surface area (Å²) >= 11 is 1.32. The van der Waals surface area contributed by atoms with E-state index in [0.29, 0.717) is 36.1 Å². The first-order valence-corrected chi connectivity index (χ1v) is 11.9. The zero-order valence-corrected chi connectivity index (χ0v) is 20.0. The van der Waals surface area contributed by atoms with Crippen molar-refractivity contribution in [1.29, 1.82) is 0 Å². The molecule has 1 atom stereocenters. The Morgan fingerprint density at radius 2 is 1.82 bits per heavy atom. The number of nitrogens with one attached hydrogen (secondary N) is 1. The van der Waals surface area contributed by atoms with E-state index in [1.54, 1.807) is 19.1 Å². The average molecular weight is 478 g/mol. The van der Waals surface area contributed by atoms with Gasteiger partial charge in [0.05, 0.1) is 12.8 Å². The standard InChI is InChI=1S/C26H27N3O4S/c1-32-15-5-14-29-25(31)23(34-26(29)28-20-10-12-22(33-2)13-11-20)17-24(30)27-21-9-8-18-6-3-4-7-19(18)16-21/h3-4,6-13,16,23H,5,14-15,17H2,1-2H3,(H,27,30). The van der Waals surface area contributed by atoms with E-state index in [0.717, 1.165) is 16.5 Å². The number of hydrogen-bond donors (Lipinski definition) is 1. The number of carbonyl (C=O) groups excluding carboxylic acids is 2. The fraction of sp³-hybridized carbons (Fsp3) is 0.269. The van der Waals surface area contributed by atoms with Gasteiger partial charge < -0.3 is 14.8 Å². The van der Waals surface area contributed by atoms with Crippen LogP contribution in [-0.4, -0.2) is 54.5 Å². The lowest BCUT2D eigenvalue weighted by molar-refractivity contribution is -0.128. The van der Waals surface area contributed by atoms with Gasteiger partial charge >= 0.3 is 0 Å². The summed E-state index contributed by atoms with van der Waals surface area (Å²) in [4.78, 5) is 32.3. The number of amidine groups is 1. The molecule has 176 valence electrons. The summed E-state index contributed by atoms with van der Waals surface area (Å²) in [6.45, 7) is 1.02. The van der Waals surface area contributed by atoms with Crippen LogP contribution in [0.15, 0.2) is 71.7 Å². The largest absolute Gasteiger partial charge is 0.497 e. The van der Waals surface area contributed by atoms with Gasteiger partial charge in [-0.2, -0.15) is 0 Å². The third-order valence-electron chi connectivity index (χ3n) is 5.45. The second-order valence-corrected chi connectivity index (χ2v) is 9.02. The minimum atomic E-state index is -0.528. The van der Waals surface area contributed by atoms with Gasteiger partial charge in [0.2, 0.25) is 11.8 Å². The van der Waals surface area contributed by atoms with E-state index in [-0.39, 0.29) is 18.2 Å². The monoisotopic (exact) mass is 477 g/mol. The Hall–Kier alpha value is -3.36. The normalized spacial score (nSPS) is 16.9. The molecule has 34 heavy (non-hydrogen) atoms. The maximum absolute atomic E-state index is 13.1. The highest BCUT2D eigenvalue weighted by molar-refractivity contribution is 8.15. The Bertz CT molecular complexity index is 1200. The number of rotatable bonds is 9. The van der Waals surface area contributed by atoms with Gasteiger partial charge in [0.25, 0.3) is 0 Å². The van der Waals surface area contributed by atoms with Crippen molar-refractivity contribution in [3.63, 3.8) is 0 Å². The lowest BCUT2D eigenvalue weighted by atomic mass is 10.1. The van der Waals surface area contributed by atoms with Crippen LogP contribution in [0.1, 0.15) is 12.8 Å². The molecule has 2 amide bonds. The molecule has 1 aliphatic rings. The highest BCUT2D eigenvalue weighted by Gasteiger charge is 2.38. The molecule has 0 bridgehead atoms. The summed E-state index contributed by atoms with van der Waals surface area (Å²) in [6.07, 6.45) is 0.749. The van der Waals surface area contributed by atoms with Crippen LogP contribution in [0.25, 0.3) is 10.8 Å². The van der Waals surface area contributed by atoms with Crippen LogP contribution >= 0.6 is 11.8 Å². The van der Waals surface area contributed by atoms with Crippen LogP contribution in [0.2, 0.25) is 0 Å². The fourth-order valence-electron chi connectivity index (χ4n) is 3.71. The highest BCUT2D eigenvalue weighted by atomic mass is 32.2. The van der Waals surface area contributed by atoms with Gasteiger partial charge in [-0.3, -0.25) is 14.5 Å². The molecule has 0 aromatic heterocycles. The summed E-state index contributed by atoms with van der Waals surface area (Å²) in [7, 11) is 3.24. The molecule has 1 saturated heterocycles. The van der Waals surface area contributed by atoms with Gasteiger partial charge in [-0.1, -0.05) is 42.1 Å². The lowest BCUT2D eigenvalue weighted by Gasteiger charge is -2.16. The van der Waals surface area contributed by atoms with E-state index in [4.69, 9.17) is 9.47 Å². The smallest absolute Gasteiger partial charge is 0.242 e. The molecule has 1 aliphatic heterocycles. The van der Waals surface area contributed by atoms with Gasteiger partial charge in [-0.25, -0.2) is 4.99 Å². The molecule has 0 aliphatic carbocycles. The number of amides is 2. The quantitative estimate of drug-likeness (QED) is 0.446. The zero-order chi connectivity index (χ0) is 23.9. The minimum absolute atomic E-state index is 0.0682. The topological polar surface area (TPSA) is 80.2 Å². The third-order valence-corrected chi connectivity index (χ3v) is 6.63. The second-order valence-electron chi connectivity index (χ2n) is 7.85. The molecular formula is C26H27N3O4S. The predicted molar refractivity (Wildman–Crippen MR) is 137 cm³/mol. The van der Waals surface area contributed by atoms with Gasteiger partial charge in [0.1, 0.15) is 11.0 Å². The van der Waals surface area contributed by atoms with Crippen molar-refractivity contribution >= 4 is 50.9 Å². The Morgan fingerprint density at radius 3 is 2.56 bits per heavy atom. The van der Waals surface area contributed by atoms with E-state index >= 15 is 0 Å². The summed E-state index contributed by atoms with van der Waals surface area (Å²) < 4.78 is 10.3. The first-order chi connectivity index (χ1) is 16.6. The molecule has 0 radical (unpaired) electrons. The van der Waals surface area contributed by atoms with Crippen molar-refractivity contribution in [2.75, 3.05) is 32.7 Å². The number of aliphatic imine (C=N–C) groups is 1. The van der Waals surface area contributed by atoms with Crippen molar-refractivity contribution in [3.05, 3.63) is 66.7 Å². The second kappa shape index (κ2) is 11.2. The van der Waals surface area contributed by atoms with E-state index in [9.17, 15) is 9.59 Å². The molecule has 0 saturated carbocycles. The number of ether oxygens (including phenoxy) is 2. The van der Waals surface area contributed by atoms with Crippen LogP contribution in [0, 0.1) is 0 Å². The van der Waals surface area contributed by atoms with Crippen LogP contribution in [0.5, 0.6) is 5.75 Å². The highest BCUT2D eigenvalue weighted by Crippen LogP contribution is 2.32.